The number of ether oxygens (including phenoxy) is 2. The number of anilines is 2. The number of hydrogen-bond donors (Lipinski definition) is 2. The van der Waals surface area contributed by atoms with E-state index < -0.39 is 32.0 Å². The van der Waals surface area contributed by atoms with Gasteiger partial charge in [0.15, 0.2) is 0 Å². The predicted octanol–water partition coefficient (Wildman–Crippen LogP) is 6.89. The topological polar surface area (TPSA) is 145 Å². The van der Waals surface area contributed by atoms with E-state index in [2.05, 4.69) is 41.4 Å². The standard InChI is InChI=1S/C17H17NO4S.C13H12BrNO2S.C4H6O2/c1-13-6-9-15(10-7-13)18-23(20,21)16-5-3-4-14(12-16)8-11-17(19)22-2;1-10-5-7-12(8-6-10)15-18(16,17)13-4-2-3-11(14)9-13;1-3-4(5)6-2/h3-12,18H,1-2H3;2-9,15H,1H3;3H,1H2,2H3/b11-8+;;. The van der Waals surface area contributed by atoms with Crippen LogP contribution < -0.4 is 9.44 Å². The third-order valence-electron chi connectivity index (χ3n) is 5.86. The molecule has 13 heteroatoms. The molecular weight excluding hydrogens is 708 g/mol. The Morgan fingerprint density at radius 2 is 1.13 bits per heavy atom. The summed E-state index contributed by atoms with van der Waals surface area (Å²) in [7, 11) is -4.64. The Morgan fingerprint density at radius 1 is 0.681 bits per heavy atom. The summed E-state index contributed by atoms with van der Waals surface area (Å²) in [6.07, 6.45) is 3.84. The van der Waals surface area contributed by atoms with E-state index in [1.807, 2.05) is 38.1 Å². The van der Waals surface area contributed by atoms with Crippen molar-refractivity contribution in [3.05, 3.63) is 137 Å². The summed E-state index contributed by atoms with van der Waals surface area (Å²) < 4.78 is 63.5. The van der Waals surface area contributed by atoms with Crippen LogP contribution in [0.4, 0.5) is 11.4 Å². The smallest absolute Gasteiger partial charge is 0.330 e. The fraction of sp³-hybridized carbons (Fsp3) is 0.118. The highest BCUT2D eigenvalue weighted by atomic mass is 79.9. The lowest BCUT2D eigenvalue weighted by Gasteiger charge is -2.09. The van der Waals surface area contributed by atoms with Crippen molar-refractivity contribution in [2.45, 2.75) is 23.6 Å². The van der Waals surface area contributed by atoms with Crippen molar-refractivity contribution in [3.8, 4) is 0 Å². The zero-order valence-electron chi connectivity index (χ0n) is 26.1. The second-order valence-corrected chi connectivity index (χ2v) is 13.8. The molecule has 4 aromatic carbocycles. The minimum Gasteiger partial charge on any atom is -0.466 e. The fourth-order valence-electron chi connectivity index (χ4n) is 3.41. The second kappa shape index (κ2) is 18.4. The van der Waals surface area contributed by atoms with Crippen LogP contribution in [0.1, 0.15) is 16.7 Å². The number of benzene rings is 4. The molecule has 0 saturated carbocycles. The van der Waals surface area contributed by atoms with Gasteiger partial charge in [-0.2, -0.15) is 0 Å². The van der Waals surface area contributed by atoms with Gasteiger partial charge >= 0.3 is 11.9 Å². The SMILES string of the molecule is C=CC(=O)OC.COC(=O)/C=C/c1cccc(S(=O)(=O)Nc2ccc(C)cc2)c1.Cc1ccc(NS(=O)(=O)c2cccc(Br)c2)cc1. The number of carbonyl (C=O) groups excluding carboxylic acids is 2. The van der Waals surface area contributed by atoms with Crippen molar-refractivity contribution >= 4 is 65.4 Å². The molecule has 248 valence electrons. The first-order valence-corrected chi connectivity index (χ1v) is 17.5. The zero-order chi connectivity index (χ0) is 35.0. The van der Waals surface area contributed by atoms with Crippen molar-refractivity contribution in [3.63, 3.8) is 0 Å². The molecule has 0 radical (unpaired) electrons. The number of nitrogens with one attached hydrogen (secondary N) is 2. The molecule has 4 aromatic rings. The molecule has 0 aliphatic heterocycles. The number of halogens is 1. The summed E-state index contributed by atoms with van der Waals surface area (Å²) >= 11 is 3.26. The summed E-state index contributed by atoms with van der Waals surface area (Å²) in [4.78, 5) is 21.3. The minimum atomic E-state index is -3.69. The van der Waals surface area contributed by atoms with Crippen LogP contribution in [-0.4, -0.2) is 43.0 Å². The van der Waals surface area contributed by atoms with Crippen LogP contribution in [0, 0.1) is 13.8 Å². The van der Waals surface area contributed by atoms with Crippen molar-refractivity contribution in [2.75, 3.05) is 23.7 Å². The van der Waals surface area contributed by atoms with E-state index in [0.29, 0.717) is 16.9 Å². The van der Waals surface area contributed by atoms with Gasteiger partial charge in [-0.15, -0.1) is 0 Å². The molecule has 0 fully saturated rings. The Labute approximate surface area is 284 Å². The first kappa shape index (κ1) is 38.5. The average Bonchev–Trinajstić information content (AvgIpc) is 3.06. The van der Waals surface area contributed by atoms with Gasteiger partial charge in [0, 0.05) is 28.0 Å². The molecular formula is C34H35BrN2O8S2. The molecule has 0 aliphatic carbocycles. The van der Waals surface area contributed by atoms with Crippen molar-refractivity contribution in [1.82, 2.24) is 0 Å². The lowest BCUT2D eigenvalue weighted by Crippen LogP contribution is -2.12. The normalized spacial score (nSPS) is 10.7. The Balaban J connectivity index is 0.000000284. The molecule has 0 saturated heterocycles. The number of aryl methyl sites for hydroxylation is 2. The number of carbonyl (C=O) groups is 2. The largest absolute Gasteiger partial charge is 0.466 e. The predicted molar refractivity (Wildman–Crippen MR) is 188 cm³/mol. The Kier molecular flexibility index (Phi) is 15.1. The quantitative estimate of drug-likeness (QED) is 0.139. The molecule has 0 atom stereocenters. The second-order valence-electron chi connectivity index (χ2n) is 9.56. The Bertz CT molecular complexity index is 1910. The first-order chi connectivity index (χ1) is 22.2. The van der Waals surface area contributed by atoms with Gasteiger partial charge in [-0.3, -0.25) is 9.44 Å². The molecule has 0 aliphatic rings. The number of methoxy groups -OCH3 is 2. The van der Waals surface area contributed by atoms with Crippen LogP contribution in [0.15, 0.2) is 130 Å². The number of rotatable bonds is 9. The number of esters is 2. The highest BCUT2D eigenvalue weighted by molar-refractivity contribution is 9.10. The van der Waals surface area contributed by atoms with E-state index in [9.17, 15) is 26.4 Å². The van der Waals surface area contributed by atoms with Crippen LogP contribution in [0.25, 0.3) is 6.08 Å². The summed E-state index contributed by atoms with van der Waals surface area (Å²) in [5.74, 6) is -0.897. The molecule has 0 bridgehead atoms. The van der Waals surface area contributed by atoms with Crippen LogP contribution in [0.2, 0.25) is 0 Å². The van der Waals surface area contributed by atoms with Gasteiger partial charge in [0.1, 0.15) is 0 Å². The monoisotopic (exact) mass is 742 g/mol. The molecule has 0 heterocycles. The summed E-state index contributed by atoms with van der Waals surface area (Å²) in [5, 5.41) is 0. The van der Waals surface area contributed by atoms with Gasteiger partial charge in [0.2, 0.25) is 0 Å². The van der Waals surface area contributed by atoms with Crippen molar-refractivity contribution in [2.24, 2.45) is 0 Å². The van der Waals surface area contributed by atoms with E-state index in [1.54, 1.807) is 60.7 Å². The van der Waals surface area contributed by atoms with Crippen LogP contribution in [0.5, 0.6) is 0 Å². The van der Waals surface area contributed by atoms with Crippen LogP contribution in [-0.2, 0) is 39.1 Å². The van der Waals surface area contributed by atoms with Gasteiger partial charge < -0.3 is 9.47 Å². The molecule has 10 nitrogen and oxygen atoms in total. The van der Waals surface area contributed by atoms with E-state index in [0.717, 1.165) is 21.7 Å². The summed E-state index contributed by atoms with van der Waals surface area (Å²) in [6, 6.07) is 27.1. The lowest BCUT2D eigenvalue weighted by atomic mass is 10.2. The van der Waals surface area contributed by atoms with Gasteiger partial charge in [0.25, 0.3) is 20.0 Å². The molecule has 4 rings (SSSR count). The lowest BCUT2D eigenvalue weighted by molar-refractivity contribution is -0.135. The third kappa shape index (κ3) is 13.7. The van der Waals surface area contributed by atoms with E-state index in [1.165, 1.54) is 38.5 Å². The van der Waals surface area contributed by atoms with Crippen molar-refractivity contribution < 1.29 is 35.9 Å². The maximum atomic E-state index is 12.4. The van der Waals surface area contributed by atoms with Crippen molar-refractivity contribution in [1.29, 1.82) is 0 Å². The van der Waals surface area contributed by atoms with Gasteiger partial charge in [0.05, 0.1) is 24.0 Å². The van der Waals surface area contributed by atoms with E-state index in [4.69, 9.17) is 0 Å². The summed E-state index contributed by atoms with van der Waals surface area (Å²) in [5.41, 5.74) is 3.76. The van der Waals surface area contributed by atoms with Crippen LogP contribution >= 0.6 is 15.9 Å². The molecule has 2 N–H and O–H groups in total. The first-order valence-electron chi connectivity index (χ1n) is 13.7. The maximum Gasteiger partial charge on any atom is 0.330 e. The summed E-state index contributed by atoms with van der Waals surface area (Å²) in [6.45, 7) is 7.03. The third-order valence-corrected chi connectivity index (χ3v) is 9.11. The molecule has 0 amide bonds. The van der Waals surface area contributed by atoms with Gasteiger partial charge in [-0.25, -0.2) is 26.4 Å². The maximum absolute atomic E-state index is 12.4. The number of sulfonamides is 2. The average molecular weight is 744 g/mol. The molecule has 0 unspecified atom stereocenters. The van der Waals surface area contributed by atoms with Gasteiger partial charge in [-0.05, 0) is 80.1 Å². The highest BCUT2D eigenvalue weighted by Crippen LogP contribution is 2.20. The highest BCUT2D eigenvalue weighted by Gasteiger charge is 2.15. The van der Waals surface area contributed by atoms with Gasteiger partial charge in [-0.1, -0.05) is 76.1 Å². The Hall–Kier alpha value is -4.72. The zero-order valence-corrected chi connectivity index (χ0v) is 29.4. The van der Waals surface area contributed by atoms with Crippen LogP contribution in [0.3, 0.4) is 0 Å². The van der Waals surface area contributed by atoms with E-state index in [-0.39, 0.29) is 9.79 Å². The minimum absolute atomic E-state index is 0.116. The number of hydrogen-bond acceptors (Lipinski definition) is 8. The molecule has 47 heavy (non-hydrogen) atoms. The fourth-order valence-corrected chi connectivity index (χ4v) is 6.17. The molecule has 0 spiro atoms. The van der Waals surface area contributed by atoms with E-state index >= 15 is 0 Å². The molecule has 0 aromatic heterocycles. The Morgan fingerprint density at radius 3 is 1.53 bits per heavy atom.